The van der Waals surface area contributed by atoms with Gasteiger partial charge in [0.1, 0.15) is 0 Å². The lowest BCUT2D eigenvalue weighted by Gasteiger charge is -2.13. The van der Waals surface area contributed by atoms with E-state index >= 15 is 0 Å². The summed E-state index contributed by atoms with van der Waals surface area (Å²) in [6, 6.07) is 11.1. The summed E-state index contributed by atoms with van der Waals surface area (Å²) in [6.45, 7) is 1.82. The standard InChI is InChI=1S/C15H17NO3/c1-2-12(10-17)16-15(18)14-13(8-9-19-14)11-6-4-3-5-7-11/h3-9,12,17H,2,10H2,1H3,(H,16,18)/t12-/m0/s1. The molecule has 0 saturated heterocycles. The van der Waals surface area contributed by atoms with Crippen molar-refractivity contribution in [3.8, 4) is 11.1 Å². The van der Waals surface area contributed by atoms with Gasteiger partial charge in [-0.05, 0) is 18.1 Å². The maximum Gasteiger partial charge on any atom is 0.287 e. The number of amides is 1. The first kappa shape index (κ1) is 13.4. The van der Waals surface area contributed by atoms with Crippen molar-refractivity contribution >= 4 is 5.91 Å². The van der Waals surface area contributed by atoms with Crippen LogP contribution in [0.4, 0.5) is 0 Å². The Bertz CT molecular complexity index is 529. The molecule has 1 amide bonds. The van der Waals surface area contributed by atoms with Gasteiger partial charge in [0, 0.05) is 5.56 Å². The number of aliphatic hydroxyl groups excluding tert-OH is 1. The smallest absolute Gasteiger partial charge is 0.287 e. The maximum absolute atomic E-state index is 12.1. The summed E-state index contributed by atoms with van der Waals surface area (Å²) in [6.07, 6.45) is 2.17. The van der Waals surface area contributed by atoms with E-state index in [1.165, 1.54) is 6.26 Å². The SMILES string of the molecule is CC[C@@H](CO)NC(=O)c1occc1-c1ccccc1. The number of hydrogen-bond donors (Lipinski definition) is 2. The minimum absolute atomic E-state index is 0.0797. The minimum Gasteiger partial charge on any atom is -0.459 e. The van der Waals surface area contributed by atoms with E-state index in [2.05, 4.69) is 5.32 Å². The normalized spacial score (nSPS) is 12.1. The summed E-state index contributed by atoms with van der Waals surface area (Å²) in [5.41, 5.74) is 1.68. The Hall–Kier alpha value is -2.07. The fourth-order valence-corrected chi connectivity index (χ4v) is 1.86. The first-order valence-corrected chi connectivity index (χ1v) is 6.31. The molecule has 0 saturated carbocycles. The fraction of sp³-hybridized carbons (Fsp3) is 0.267. The van der Waals surface area contributed by atoms with Crippen molar-refractivity contribution < 1.29 is 14.3 Å². The predicted octanol–water partition coefficient (Wildman–Crippen LogP) is 2.45. The molecular formula is C15H17NO3. The molecule has 0 spiro atoms. The van der Waals surface area contributed by atoms with Gasteiger partial charge in [-0.3, -0.25) is 4.79 Å². The molecule has 1 aromatic carbocycles. The summed E-state index contributed by atoms with van der Waals surface area (Å²) in [4.78, 5) is 12.1. The van der Waals surface area contributed by atoms with Crippen molar-refractivity contribution in [1.82, 2.24) is 5.32 Å². The number of rotatable bonds is 5. The Kier molecular flexibility index (Phi) is 4.36. The van der Waals surface area contributed by atoms with Crippen LogP contribution in [-0.2, 0) is 0 Å². The zero-order chi connectivity index (χ0) is 13.7. The molecule has 4 heteroatoms. The second-order valence-electron chi connectivity index (χ2n) is 4.29. The van der Waals surface area contributed by atoms with E-state index in [0.29, 0.717) is 6.42 Å². The molecule has 4 nitrogen and oxygen atoms in total. The molecule has 0 fully saturated rings. The van der Waals surface area contributed by atoms with E-state index in [9.17, 15) is 4.79 Å². The lowest BCUT2D eigenvalue weighted by molar-refractivity contribution is 0.0888. The highest BCUT2D eigenvalue weighted by Gasteiger charge is 2.18. The molecule has 2 aromatic rings. The number of carbonyl (C=O) groups excluding carboxylic acids is 1. The fourth-order valence-electron chi connectivity index (χ4n) is 1.86. The molecule has 2 rings (SSSR count). The second-order valence-corrected chi connectivity index (χ2v) is 4.29. The van der Waals surface area contributed by atoms with Crippen LogP contribution in [-0.4, -0.2) is 23.7 Å². The van der Waals surface area contributed by atoms with Gasteiger partial charge in [0.25, 0.3) is 5.91 Å². The van der Waals surface area contributed by atoms with Crippen molar-refractivity contribution in [2.24, 2.45) is 0 Å². The third-order valence-electron chi connectivity index (χ3n) is 3.00. The van der Waals surface area contributed by atoms with E-state index in [1.807, 2.05) is 37.3 Å². The molecule has 100 valence electrons. The lowest BCUT2D eigenvalue weighted by Crippen LogP contribution is -2.36. The summed E-state index contributed by atoms with van der Waals surface area (Å²) >= 11 is 0. The highest BCUT2D eigenvalue weighted by molar-refractivity contribution is 5.98. The van der Waals surface area contributed by atoms with E-state index in [0.717, 1.165) is 11.1 Å². The van der Waals surface area contributed by atoms with Gasteiger partial charge in [0.15, 0.2) is 5.76 Å². The van der Waals surface area contributed by atoms with Crippen LogP contribution in [0.1, 0.15) is 23.9 Å². The Balaban J connectivity index is 2.23. The first-order chi connectivity index (χ1) is 9.26. The van der Waals surface area contributed by atoms with Gasteiger partial charge in [0.2, 0.25) is 0 Å². The van der Waals surface area contributed by atoms with Crippen LogP contribution in [0, 0.1) is 0 Å². The van der Waals surface area contributed by atoms with Crippen LogP contribution >= 0.6 is 0 Å². The van der Waals surface area contributed by atoms with Crippen molar-refractivity contribution in [3.05, 3.63) is 48.4 Å². The number of benzene rings is 1. The van der Waals surface area contributed by atoms with Crippen molar-refractivity contribution in [2.75, 3.05) is 6.61 Å². The van der Waals surface area contributed by atoms with E-state index in [4.69, 9.17) is 9.52 Å². The first-order valence-electron chi connectivity index (χ1n) is 6.31. The Morgan fingerprint density at radius 2 is 2.05 bits per heavy atom. The van der Waals surface area contributed by atoms with Crippen LogP contribution in [0.25, 0.3) is 11.1 Å². The number of furan rings is 1. The quantitative estimate of drug-likeness (QED) is 0.867. The lowest BCUT2D eigenvalue weighted by atomic mass is 10.1. The molecular weight excluding hydrogens is 242 g/mol. The molecule has 0 bridgehead atoms. The van der Waals surface area contributed by atoms with Gasteiger partial charge in [-0.1, -0.05) is 37.3 Å². The number of nitrogens with one attached hydrogen (secondary N) is 1. The second kappa shape index (κ2) is 6.20. The van der Waals surface area contributed by atoms with Gasteiger partial charge < -0.3 is 14.8 Å². The maximum atomic E-state index is 12.1. The molecule has 0 radical (unpaired) electrons. The Labute approximate surface area is 112 Å². The summed E-state index contributed by atoms with van der Waals surface area (Å²) < 4.78 is 5.28. The largest absolute Gasteiger partial charge is 0.459 e. The highest BCUT2D eigenvalue weighted by Crippen LogP contribution is 2.24. The van der Waals surface area contributed by atoms with Gasteiger partial charge >= 0.3 is 0 Å². The van der Waals surface area contributed by atoms with E-state index < -0.39 is 0 Å². The van der Waals surface area contributed by atoms with Crippen molar-refractivity contribution in [3.63, 3.8) is 0 Å². The third kappa shape index (κ3) is 3.03. The van der Waals surface area contributed by atoms with Crippen LogP contribution in [0.2, 0.25) is 0 Å². The van der Waals surface area contributed by atoms with Gasteiger partial charge in [-0.15, -0.1) is 0 Å². The van der Waals surface area contributed by atoms with Gasteiger partial charge in [0.05, 0.1) is 18.9 Å². The minimum atomic E-state index is -0.301. The zero-order valence-electron chi connectivity index (χ0n) is 10.8. The molecule has 1 heterocycles. The van der Waals surface area contributed by atoms with Crippen LogP contribution in [0.15, 0.2) is 47.1 Å². The van der Waals surface area contributed by atoms with Crippen LogP contribution < -0.4 is 5.32 Å². The molecule has 0 aliphatic heterocycles. The third-order valence-corrected chi connectivity index (χ3v) is 3.00. The Morgan fingerprint density at radius 1 is 1.32 bits per heavy atom. The van der Waals surface area contributed by atoms with Gasteiger partial charge in [-0.2, -0.15) is 0 Å². The number of hydrogen-bond acceptors (Lipinski definition) is 3. The number of carbonyl (C=O) groups is 1. The monoisotopic (exact) mass is 259 g/mol. The van der Waals surface area contributed by atoms with Crippen molar-refractivity contribution in [1.29, 1.82) is 0 Å². The average molecular weight is 259 g/mol. The summed E-state index contributed by atoms with van der Waals surface area (Å²) in [5, 5.41) is 11.9. The van der Waals surface area contributed by atoms with Crippen molar-refractivity contribution in [2.45, 2.75) is 19.4 Å². The summed E-state index contributed by atoms with van der Waals surface area (Å²) in [7, 11) is 0. The molecule has 0 aliphatic rings. The van der Waals surface area contributed by atoms with Crippen LogP contribution in [0.5, 0.6) is 0 Å². The molecule has 0 aliphatic carbocycles. The van der Waals surface area contributed by atoms with E-state index in [-0.39, 0.29) is 24.3 Å². The zero-order valence-corrected chi connectivity index (χ0v) is 10.8. The molecule has 2 N–H and O–H groups in total. The summed E-state index contributed by atoms with van der Waals surface area (Å²) in [5.74, 6) is -0.0251. The number of aliphatic hydroxyl groups is 1. The highest BCUT2D eigenvalue weighted by atomic mass is 16.3. The molecule has 19 heavy (non-hydrogen) atoms. The Morgan fingerprint density at radius 3 is 2.68 bits per heavy atom. The molecule has 1 aromatic heterocycles. The van der Waals surface area contributed by atoms with E-state index in [1.54, 1.807) is 6.07 Å². The topological polar surface area (TPSA) is 62.5 Å². The molecule has 1 atom stereocenters. The van der Waals surface area contributed by atoms with Crippen LogP contribution in [0.3, 0.4) is 0 Å². The average Bonchev–Trinajstić information content (AvgIpc) is 2.95. The van der Waals surface area contributed by atoms with Gasteiger partial charge in [-0.25, -0.2) is 0 Å². The predicted molar refractivity (Wildman–Crippen MR) is 72.8 cm³/mol. The molecule has 0 unspecified atom stereocenters.